The van der Waals surface area contributed by atoms with Crippen molar-refractivity contribution in [1.82, 2.24) is 0 Å². The van der Waals surface area contributed by atoms with Crippen molar-refractivity contribution in [3.05, 3.63) is 0 Å². The van der Waals surface area contributed by atoms with Crippen molar-refractivity contribution >= 4 is 31.0 Å². The zero-order valence-corrected chi connectivity index (χ0v) is 4.55. The second kappa shape index (κ2) is 4.01. The maximum Gasteiger partial charge on any atom is 0.316 e. The van der Waals surface area contributed by atoms with Gasteiger partial charge in [0.25, 0.3) is 0 Å². The van der Waals surface area contributed by atoms with Crippen molar-refractivity contribution in [2.24, 2.45) is 0 Å². The van der Waals surface area contributed by atoms with Crippen LogP contribution in [0.1, 0.15) is 6.92 Å². The summed E-state index contributed by atoms with van der Waals surface area (Å²) in [4.78, 5) is 24.2. The molecule has 0 unspecified atom stereocenters. The largest absolute Gasteiger partial charge is 0.316 e. The summed E-state index contributed by atoms with van der Waals surface area (Å²) in [5.41, 5.74) is 0. The third kappa shape index (κ3) is 11.0. The second-order valence-electron chi connectivity index (χ2n) is 1.13. The second-order valence-corrected chi connectivity index (χ2v) is 3.38. The van der Waals surface area contributed by atoms with Crippen molar-refractivity contribution in [2.75, 3.05) is 6.16 Å². The van der Waals surface area contributed by atoms with E-state index in [4.69, 9.17) is 14.7 Å². The van der Waals surface area contributed by atoms with Gasteiger partial charge in [0.15, 0.2) is 0 Å². The Hall–Kier alpha value is 1.08. The molecule has 5 heteroatoms. The SMILES string of the molecule is CC[PH](O)(O)O.[MgH2]. The number of hydrogen-bond acceptors (Lipinski definition) is 3. The summed E-state index contributed by atoms with van der Waals surface area (Å²) in [7, 11) is -3.63. The Bertz CT molecular complexity index is 42.7. The van der Waals surface area contributed by atoms with Gasteiger partial charge in [0.05, 0.1) is 0 Å². The van der Waals surface area contributed by atoms with E-state index < -0.39 is 7.94 Å². The van der Waals surface area contributed by atoms with E-state index in [2.05, 4.69) is 0 Å². The minimum atomic E-state index is -3.63. The minimum absolute atomic E-state index is 0. The Balaban J connectivity index is 0. The van der Waals surface area contributed by atoms with Gasteiger partial charge in [-0.05, 0) is 0 Å². The topological polar surface area (TPSA) is 60.7 Å². The van der Waals surface area contributed by atoms with Crippen LogP contribution >= 0.6 is 7.94 Å². The molecular formula is C2H11MgO3P. The maximum atomic E-state index is 8.08. The first-order chi connectivity index (χ1) is 2.56. The first-order valence-corrected chi connectivity index (χ1v) is 3.78. The van der Waals surface area contributed by atoms with E-state index in [-0.39, 0.29) is 29.2 Å². The molecule has 3 N–H and O–H groups in total. The Morgan fingerprint density at radius 1 is 1.29 bits per heavy atom. The summed E-state index contributed by atoms with van der Waals surface area (Å²) < 4.78 is 0. The summed E-state index contributed by atoms with van der Waals surface area (Å²) in [6.45, 7) is 1.52. The molecule has 44 valence electrons. The van der Waals surface area contributed by atoms with E-state index in [9.17, 15) is 0 Å². The van der Waals surface area contributed by atoms with E-state index in [1.807, 2.05) is 0 Å². The average Bonchev–Trinajstić information content (AvgIpc) is 1.35. The van der Waals surface area contributed by atoms with Crippen molar-refractivity contribution in [3.8, 4) is 0 Å². The van der Waals surface area contributed by atoms with Gasteiger partial charge in [-0.15, -0.1) is 0 Å². The molecule has 0 bridgehead atoms. The van der Waals surface area contributed by atoms with Crippen LogP contribution in [0.5, 0.6) is 0 Å². The van der Waals surface area contributed by atoms with Gasteiger partial charge >= 0.3 is 58.8 Å². The molecule has 0 heterocycles. The minimum Gasteiger partial charge on any atom is 0.316 e. The molecular weight excluding hydrogens is 127 g/mol. The zero-order chi connectivity index (χ0) is 5.21. The molecule has 0 aromatic rings. The summed E-state index contributed by atoms with van der Waals surface area (Å²) in [5, 5.41) is 0. The average molecular weight is 138 g/mol. The van der Waals surface area contributed by atoms with Gasteiger partial charge in [0.1, 0.15) is 0 Å². The molecule has 0 saturated carbocycles. The number of rotatable bonds is 1. The molecule has 7 heavy (non-hydrogen) atoms. The summed E-state index contributed by atoms with van der Waals surface area (Å²) in [6.07, 6.45) is 0.0764. The third-order valence-electron chi connectivity index (χ3n) is 0.474. The molecule has 0 aliphatic heterocycles. The fourth-order valence-corrected chi connectivity index (χ4v) is 0. The molecule has 0 atom stereocenters. The molecule has 0 aromatic heterocycles. The fourth-order valence-electron chi connectivity index (χ4n) is 0. The molecule has 0 spiro atoms. The predicted octanol–water partition coefficient (Wildman–Crippen LogP) is -1.44. The smallest absolute Gasteiger partial charge is 0.316 e. The Morgan fingerprint density at radius 2 is 1.43 bits per heavy atom. The molecule has 0 saturated heterocycles. The van der Waals surface area contributed by atoms with E-state index in [1.165, 1.54) is 6.92 Å². The first-order valence-electron chi connectivity index (χ1n) is 1.73. The van der Waals surface area contributed by atoms with Crippen LogP contribution in [-0.4, -0.2) is 43.9 Å². The number of hydrogen-bond donors (Lipinski definition) is 3. The van der Waals surface area contributed by atoms with E-state index in [0.29, 0.717) is 0 Å². The van der Waals surface area contributed by atoms with Crippen LogP contribution in [0.3, 0.4) is 0 Å². The normalized spacial score (nSPS) is 12.6. The zero-order valence-electron chi connectivity index (χ0n) is 3.55. The van der Waals surface area contributed by atoms with E-state index in [1.54, 1.807) is 0 Å². The van der Waals surface area contributed by atoms with Crippen molar-refractivity contribution in [1.29, 1.82) is 0 Å². The van der Waals surface area contributed by atoms with Crippen LogP contribution in [0.25, 0.3) is 0 Å². The predicted molar refractivity (Wildman–Crippen MR) is 34.1 cm³/mol. The molecule has 3 nitrogen and oxygen atoms in total. The summed E-state index contributed by atoms with van der Waals surface area (Å²) in [6, 6.07) is 0. The van der Waals surface area contributed by atoms with Gasteiger partial charge in [0.2, 0.25) is 0 Å². The van der Waals surface area contributed by atoms with Gasteiger partial charge in [-0.2, -0.15) is 0 Å². The fraction of sp³-hybridized carbons (Fsp3) is 1.00. The van der Waals surface area contributed by atoms with Gasteiger partial charge < -0.3 is 0 Å². The van der Waals surface area contributed by atoms with Gasteiger partial charge in [-0.1, -0.05) is 0 Å². The van der Waals surface area contributed by atoms with Crippen LogP contribution in [-0.2, 0) is 0 Å². The molecule has 0 aliphatic rings. The maximum absolute atomic E-state index is 8.08. The Labute approximate surface area is 59.1 Å². The quantitative estimate of drug-likeness (QED) is 0.307. The van der Waals surface area contributed by atoms with Gasteiger partial charge in [-0.25, -0.2) is 0 Å². The van der Waals surface area contributed by atoms with E-state index >= 15 is 0 Å². The Kier molecular flexibility index (Phi) is 6.27. The summed E-state index contributed by atoms with van der Waals surface area (Å²) in [5.74, 6) is 0. The third-order valence-corrected chi connectivity index (χ3v) is 1.42. The van der Waals surface area contributed by atoms with Crippen LogP contribution in [0.4, 0.5) is 0 Å². The van der Waals surface area contributed by atoms with Crippen LogP contribution < -0.4 is 0 Å². The van der Waals surface area contributed by atoms with Gasteiger partial charge in [-0.3, -0.25) is 0 Å². The van der Waals surface area contributed by atoms with Crippen LogP contribution in [0, 0.1) is 0 Å². The standard InChI is InChI=1S/C2H9O3P.Mg.2H/c1-2-6(3,4)5;;;/h3-6H,2H2,1H3;;;. The Morgan fingerprint density at radius 3 is 1.43 bits per heavy atom. The molecule has 0 amide bonds. The first kappa shape index (κ1) is 11.0. The molecule has 0 radical (unpaired) electrons. The molecule has 0 aliphatic carbocycles. The van der Waals surface area contributed by atoms with Crippen LogP contribution in [0.15, 0.2) is 0 Å². The molecule has 0 aromatic carbocycles. The summed E-state index contributed by atoms with van der Waals surface area (Å²) >= 11 is 0. The van der Waals surface area contributed by atoms with E-state index in [0.717, 1.165) is 0 Å². The van der Waals surface area contributed by atoms with Crippen LogP contribution in [0.2, 0.25) is 0 Å². The molecule has 0 rings (SSSR count). The van der Waals surface area contributed by atoms with Gasteiger partial charge in [0, 0.05) is 0 Å². The molecule has 0 fully saturated rings. The van der Waals surface area contributed by atoms with Crippen molar-refractivity contribution < 1.29 is 14.7 Å². The van der Waals surface area contributed by atoms with Crippen molar-refractivity contribution in [2.45, 2.75) is 6.92 Å². The monoisotopic (exact) mass is 138 g/mol. The van der Waals surface area contributed by atoms with Crippen molar-refractivity contribution in [3.63, 3.8) is 0 Å².